The van der Waals surface area contributed by atoms with Crippen LogP contribution in [0.15, 0.2) is 0 Å². The first-order valence-corrected chi connectivity index (χ1v) is 9.29. The summed E-state index contributed by atoms with van der Waals surface area (Å²) in [6.45, 7) is 6.78. The third-order valence-electron chi connectivity index (χ3n) is 4.83. The minimum Gasteiger partial charge on any atom is -0.370 e. The first-order chi connectivity index (χ1) is 11.4. The van der Waals surface area contributed by atoms with Gasteiger partial charge in [0.05, 0.1) is 0 Å². The number of nitrogens with two attached hydrogens (primary N) is 1. The SMILES string of the molecule is CCCCC[C@H](CC(N)=O)C(=O)N[C@@H](CC)C(=O)N1CCC[C@H]1C. The van der Waals surface area contributed by atoms with Gasteiger partial charge in [-0.1, -0.05) is 33.1 Å². The molecule has 6 nitrogen and oxygen atoms in total. The number of likely N-dealkylation sites (tertiary alicyclic amines) is 1. The molecule has 3 amide bonds. The van der Waals surface area contributed by atoms with Crippen molar-refractivity contribution in [3.8, 4) is 0 Å². The summed E-state index contributed by atoms with van der Waals surface area (Å²) < 4.78 is 0. The van der Waals surface area contributed by atoms with E-state index >= 15 is 0 Å². The summed E-state index contributed by atoms with van der Waals surface area (Å²) in [6, 6.07) is -0.283. The van der Waals surface area contributed by atoms with E-state index in [2.05, 4.69) is 12.2 Å². The van der Waals surface area contributed by atoms with Crippen LogP contribution >= 0.6 is 0 Å². The van der Waals surface area contributed by atoms with Crippen molar-refractivity contribution < 1.29 is 14.4 Å². The molecular weight excluding hydrogens is 306 g/mol. The first-order valence-electron chi connectivity index (χ1n) is 9.29. The molecule has 1 rings (SSSR count). The van der Waals surface area contributed by atoms with Crippen LogP contribution in [0.5, 0.6) is 0 Å². The fourth-order valence-electron chi connectivity index (χ4n) is 3.30. The van der Waals surface area contributed by atoms with Gasteiger partial charge in [-0.25, -0.2) is 0 Å². The topological polar surface area (TPSA) is 92.5 Å². The second-order valence-electron chi connectivity index (χ2n) is 6.86. The first kappa shape index (κ1) is 20.5. The Morgan fingerprint density at radius 1 is 1.25 bits per heavy atom. The van der Waals surface area contributed by atoms with Gasteiger partial charge >= 0.3 is 0 Å². The maximum Gasteiger partial charge on any atom is 0.245 e. The lowest BCUT2D eigenvalue weighted by Crippen LogP contribution is -2.50. The molecule has 1 aliphatic rings. The van der Waals surface area contributed by atoms with E-state index in [0.29, 0.717) is 12.8 Å². The fourth-order valence-corrected chi connectivity index (χ4v) is 3.30. The smallest absolute Gasteiger partial charge is 0.245 e. The van der Waals surface area contributed by atoms with E-state index in [9.17, 15) is 14.4 Å². The van der Waals surface area contributed by atoms with Crippen molar-refractivity contribution in [3.05, 3.63) is 0 Å². The van der Waals surface area contributed by atoms with E-state index in [1.54, 1.807) is 0 Å². The number of hydrogen-bond acceptors (Lipinski definition) is 3. The number of primary amides is 1. The third-order valence-corrected chi connectivity index (χ3v) is 4.83. The number of rotatable bonds is 10. The minimum absolute atomic E-state index is 0.0118. The maximum atomic E-state index is 12.6. The molecular formula is C18H33N3O3. The van der Waals surface area contributed by atoms with Crippen LogP contribution in [-0.2, 0) is 14.4 Å². The van der Waals surface area contributed by atoms with Gasteiger partial charge in [0.1, 0.15) is 6.04 Å². The highest BCUT2D eigenvalue weighted by Crippen LogP contribution is 2.19. The highest BCUT2D eigenvalue weighted by atomic mass is 16.2. The molecule has 0 aliphatic carbocycles. The molecule has 0 spiro atoms. The number of nitrogens with zero attached hydrogens (tertiary/aromatic N) is 1. The van der Waals surface area contributed by atoms with Crippen LogP contribution in [0.2, 0.25) is 0 Å². The predicted molar refractivity (Wildman–Crippen MR) is 94.1 cm³/mol. The molecule has 0 aromatic heterocycles. The van der Waals surface area contributed by atoms with Crippen molar-refractivity contribution in [2.24, 2.45) is 11.7 Å². The molecule has 0 aromatic carbocycles. The van der Waals surface area contributed by atoms with E-state index in [1.807, 2.05) is 18.7 Å². The van der Waals surface area contributed by atoms with Gasteiger partial charge in [0.25, 0.3) is 0 Å². The van der Waals surface area contributed by atoms with E-state index in [4.69, 9.17) is 5.73 Å². The van der Waals surface area contributed by atoms with Crippen LogP contribution in [0.4, 0.5) is 0 Å². The zero-order valence-electron chi connectivity index (χ0n) is 15.3. The second kappa shape index (κ2) is 10.3. The summed E-state index contributed by atoms with van der Waals surface area (Å²) in [6.07, 6.45) is 6.20. The van der Waals surface area contributed by atoms with Crippen LogP contribution in [0.25, 0.3) is 0 Å². The van der Waals surface area contributed by atoms with Crippen LogP contribution in [0.1, 0.15) is 72.1 Å². The molecule has 1 heterocycles. The lowest BCUT2D eigenvalue weighted by molar-refractivity contribution is -0.138. The van der Waals surface area contributed by atoms with E-state index < -0.39 is 17.9 Å². The van der Waals surface area contributed by atoms with Crippen molar-refractivity contribution in [1.29, 1.82) is 0 Å². The van der Waals surface area contributed by atoms with Gasteiger partial charge in [0.15, 0.2) is 0 Å². The lowest BCUT2D eigenvalue weighted by atomic mass is 9.96. The summed E-state index contributed by atoms with van der Waals surface area (Å²) in [5.74, 6) is -1.15. The molecule has 3 N–H and O–H groups in total. The average molecular weight is 339 g/mol. The molecule has 1 fully saturated rings. The summed E-state index contributed by atoms with van der Waals surface area (Å²) in [4.78, 5) is 38.3. The van der Waals surface area contributed by atoms with Crippen molar-refractivity contribution in [2.45, 2.75) is 84.2 Å². The molecule has 0 aromatic rings. The monoisotopic (exact) mass is 339 g/mol. The molecule has 0 saturated carbocycles. The number of nitrogens with one attached hydrogen (secondary N) is 1. The summed E-state index contributed by atoms with van der Waals surface area (Å²) in [7, 11) is 0. The number of amides is 3. The Morgan fingerprint density at radius 2 is 1.96 bits per heavy atom. The Morgan fingerprint density at radius 3 is 2.46 bits per heavy atom. The molecule has 6 heteroatoms. The fraction of sp³-hybridized carbons (Fsp3) is 0.833. The second-order valence-corrected chi connectivity index (χ2v) is 6.86. The molecule has 1 aliphatic heterocycles. The van der Waals surface area contributed by atoms with Gasteiger partial charge in [-0.15, -0.1) is 0 Å². The van der Waals surface area contributed by atoms with E-state index in [0.717, 1.165) is 38.6 Å². The zero-order chi connectivity index (χ0) is 18.1. The zero-order valence-corrected chi connectivity index (χ0v) is 15.3. The Kier molecular flexibility index (Phi) is 8.79. The van der Waals surface area contributed by atoms with Gasteiger partial charge < -0.3 is 16.0 Å². The maximum absolute atomic E-state index is 12.6. The molecule has 0 radical (unpaired) electrons. The van der Waals surface area contributed by atoms with Crippen molar-refractivity contribution >= 4 is 17.7 Å². The molecule has 3 atom stereocenters. The third kappa shape index (κ3) is 6.13. The quantitative estimate of drug-likeness (QED) is 0.596. The van der Waals surface area contributed by atoms with Crippen molar-refractivity contribution in [1.82, 2.24) is 10.2 Å². The van der Waals surface area contributed by atoms with Crippen LogP contribution in [0, 0.1) is 5.92 Å². The van der Waals surface area contributed by atoms with Gasteiger partial charge in [-0.3, -0.25) is 14.4 Å². The number of carbonyl (C=O) groups is 3. The molecule has 1 saturated heterocycles. The number of hydrogen-bond donors (Lipinski definition) is 2. The Bertz CT molecular complexity index is 439. The highest BCUT2D eigenvalue weighted by molar-refractivity contribution is 5.90. The highest BCUT2D eigenvalue weighted by Gasteiger charge is 2.32. The average Bonchev–Trinajstić information content (AvgIpc) is 2.96. The van der Waals surface area contributed by atoms with E-state index in [-0.39, 0.29) is 24.3 Å². The minimum atomic E-state index is -0.514. The van der Waals surface area contributed by atoms with Crippen LogP contribution in [-0.4, -0.2) is 41.2 Å². The Hall–Kier alpha value is -1.59. The van der Waals surface area contributed by atoms with Gasteiger partial charge in [-0.05, 0) is 32.6 Å². The van der Waals surface area contributed by atoms with Gasteiger partial charge in [0, 0.05) is 24.9 Å². The normalized spacial score (nSPS) is 19.8. The largest absolute Gasteiger partial charge is 0.370 e. The van der Waals surface area contributed by atoms with Crippen molar-refractivity contribution in [3.63, 3.8) is 0 Å². The van der Waals surface area contributed by atoms with Crippen LogP contribution < -0.4 is 11.1 Å². The van der Waals surface area contributed by atoms with Crippen LogP contribution in [0.3, 0.4) is 0 Å². The van der Waals surface area contributed by atoms with Crippen molar-refractivity contribution in [2.75, 3.05) is 6.54 Å². The molecule has 0 bridgehead atoms. The Balaban J connectivity index is 2.66. The Labute approximate surface area is 145 Å². The number of carbonyl (C=O) groups excluding carboxylic acids is 3. The summed E-state index contributed by atoms with van der Waals surface area (Å²) in [5, 5.41) is 2.86. The standard InChI is InChI=1S/C18H33N3O3/c1-4-6-7-10-14(12-16(19)22)17(23)20-15(5-2)18(24)21-11-8-9-13(21)3/h13-15H,4-12H2,1-3H3,(H2,19,22)(H,20,23)/t13-,14-,15+/m1/s1. The lowest BCUT2D eigenvalue weighted by Gasteiger charge is -2.28. The molecule has 24 heavy (non-hydrogen) atoms. The van der Waals surface area contributed by atoms with E-state index in [1.165, 1.54) is 0 Å². The molecule has 138 valence electrons. The van der Waals surface area contributed by atoms with Gasteiger partial charge in [-0.2, -0.15) is 0 Å². The summed E-state index contributed by atoms with van der Waals surface area (Å²) in [5.41, 5.74) is 5.28. The molecule has 0 unspecified atom stereocenters. The summed E-state index contributed by atoms with van der Waals surface area (Å²) >= 11 is 0. The number of unbranched alkanes of at least 4 members (excludes halogenated alkanes) is 2. The predicted octanol–water partition coefficient (Wildman–Crippen LogP) is 1.96. The van der Waals surface area contributed by atoms with Gasteiger partial charge in [0.2, 0.25) is 17.7 Å².